The van der Waals surface area contributed by atoms with Crippen LogP contribution in [0.3, 0.4) is 0 Å². The predicted octanol–water partition coefficient (Wildman–Crippen LogP) is 5.33. The van der Waals surface area contributed by atoms with E-state index in [9.17, 15) is 4.79 Å². The highest BCUT2D eigenvalue weighted by atomic mass is 35.5. The van der Waals surface area contributed by atoms with Crippen LogP contribution in [-0.2, 0) is 4.74 Å². The van der Waals surface area contributed by atoms with E-state index in [2.05, 4.69) is 5.32 Å². The van der Waals surface area contributed by atoms with Crippen molar-refractivity contribution in [2.45, 2.75) is 6.92 Å². The minimum atomic E-state index is -2.59. The highest BCUT2D eigenvalue weighted by Crippen LogP contribution is 2.62. The first-order chi connectivity index (χ1) is 14.1. The molecule has 29 heavy (non-hydrogen) atoms. The number of hydrogen-bond donors (Lipinski definition) is 1. The smallest absolute Gasteiger partial charge is 0.414 e. The topological polar surface area (TPSA) is 38.3 Å². The second-order valence-corrected chi connectivity index (χ2v) is 10.4. The summed E-state index contributed by atoms with van der Waals surface area (Å²) in [6.07, 6.45) is -0.589. The molecule has 3 nitrogen and oxygen atoms in total. The molecule has 3 aromatic rings. The summed E-state index contributed by atoms with van der Waals surface area (Å²) in [6, 6.07) is 29.9. The van der Waals surface area contributed by atoms with E-state index < -0.39 is 13.4 Å². The summed E-state index contributed by atoms with van der Waals surface area (Å²) in [5, 5.41) is 5.91. The summed E-state index contributed by atoms with van der Waals surface area (Å²) in [5.74, 6) is 0. The number of amides is 1. The van der Waals surface area contributed by atoms with Crippen molar-refractivity contribution in [2.24, 2.45) is 0 Å². The first kappa shape index (κ1) is 21.4. The third-order valence-corrected chi connectivity index (χ3v) is 9.31. The lowest BCUT2D eigenvalue weighted by molar-refractivity contribution is 0.156. The van der Waals surface area contributed by atoms with Crippen molar-refractivity contribution >= 4 is 52.5 Å². The molecule has 148 valence electrons. The zero-order valence-corrected chi connectivity index (χ0v) is 18.3. The highest BCUT2D eigenvalue weighted by molar-refractivity contribution is 7.99. The summed E-state index contributed by atoms with van der Waals surface area (Å²) in [4.78, 5) is 12.4. The second-order valence-electron chi connectivity index (χ2n) is 6.13. The Bertz CT molecular complexity index is 879. The summed E-state index contributed by atoms with van der Waals surface area (Å²) < 4.78 is 5.14. The molecular weight excluding hydrogens is 424 g/mol. The molecule has 0 atom stereocenters. The molecule has 0 unspecified atom stereocenters. The van der Waals surface area contributed by atoms with E-state index in [4.69, 9.17) is 27.9 Å². The quantitative estimate of drug-likeness (QED) is 0.521. The van der Waals surface area contributed by atoms with Gasteiger partial charge in [0.25, 0.3) is 0 Å². The van der Waals surface area contributed by atoms with E-state index in [-0.39, 0.29) is 11.1 Å². The van der Waals surface area contributed by atoms with E-state index >= 15 is 0 Å². The molecule has 0 fully saturated rings. The predicted molar refractivity (Wildman–Crippen MR) is 124 cm³/mol. The SMILES string of the molecule is CCOC(=O)NC(=C(Cl)Cl)[P+](c1ccccc1)(c1ccccc1)c1ccccc1. The van der Waals surface area contributed by atoms with Crippen molar-refractivity contribution in [1.29, 1.82) is 0 Å². The lowest BCUT2D eigenvalue weighted by Crippen LogP contribution is -2.38. The Hall–Kier alpha value is -2.32. The van der Waals surface area contributed by atoms with Crippen molar-refractivity contribution in [2.75, 3.05) is 6.61 Å². The maximum atomic E-state index is 12.4. The van der Waals surface area contributed by atoms with Gasteiger partial charge < -0.3 is 4.74 Å². The molecule has 0 spiro atoms. The first-order valence-corrected chi connectivity index (χ1v) is 11.7. The molecule has 6 heteroatoms. The van der Waals surface area contributed by atoms with Crippen LogP contribution < -0.4 is 21.2 Å². The van der Waals surface area contributed by atoms with E-state index in [1.54, 1.807) is 6.92 Å². The van der Waals surface area contributed by atoms with Gasteiger partial charge in [0.1, 0.15) is 15.9 Å². The number of alkyl carbamates (subject to hydrolysis) is 1. The average Bonchev–Trinajstić information content (AvgIpc) is 2.76. The fourth-order valence-corrected chi connectivity index (χ4v) is 8.21. The van der Waals surface area contributed by atoms with Gasteiger partial charge in [-0.05, 0) is 43.3 Å². The molecule has 0 heterocycles. The number of nitrogens with one attached hydrogen (secondary N) is 1. The van der Waals surface area contributed by atoms with Crippen molar-refractivity contribution in [1.82, 2.24) is 5.32 Å². The fraction of sp³-hybridized carbons (Fsp3) is 0.0870. The third kappa shape index (κ3) is 4.48. The zero-order valence-electron chi connectivity index (χ0n) is 15.9. The van der Waals surface area contributed by atoms with Gasteiger partial charge in [0.15, 0.2) is 11.8 Å². The van der Waals surface area contributed by atoms with Crippen LogP contribution in [-0.4, -0.2) is 12.7 Å². The molecule has 0 aliphatic carbocycles. The number of carbonyl (C=O) groups is 1. The lowest BCUT2D eigenvalue weighted by atomic mass is 10.4. The zero-order chi connectivity index (χ0) is 20.7. The molecule has 1 N–H and O–H groups in total. The Morgan fingerprint density at radius 2 is 1.17 bits per heavy atom. The van der Waals surface area contributed by atoms with Gasteiger partial charge in [0, 0.05) is 0 Å². The molecule has 0 bridgehead atoms. The van der Waals surface area contributed by atoms with Gasteiger partial charge in [0.2, 0.25) is 5.44 Å². The van der Waals surface area contributed by atoms with Gasteiger partial charge in [-0.2, -0.15) is 0 Å². The van der Waals surface area contributed by atoms with Gasteiger partial charge >= 0.3 is 6.09 Å². The molecule has 0 aliphatic rings. The Balaban J connectivity index is 2.39. The molecule has 0 saturated heterocycles. The average molecular weight is 445 g/mol. The highest BCUT2D eigenvalue weighted by Gasteiger charge is 2.52. The Morgan fingerprint density at radius 3 is 1.48 bits per heavy atom. The summed E-state index contributed by atoms with van der Waals surface area (Å²) in [5.41, 5.74) is 0.447. The largest absolute Gasteiger partial charge is 0.450 e. The lowest BCUT2D eigenvalue weighted by Gasteiger charge is -2.29. The van der Waals surface area contributed by atoms with E-state index in [1.807, 2.05) is 91.0 Å². The Kier molecular flexibility index (Phi) is 7.33. The molecule has 0 radical (unpaired) electrons. The molecule has 3 aromatic carbocycles. The van der Waals surface area contributed by atoms with Crippen LogP contribution in [0.1, 0.15) is 6.92 Å². The van der Waals surface area contributed by atoms with Crippen molar-refractivity contribution in [3.05, 3.63) is 101 Å². The van der Waals surface area contributed by atoms with Crippen LogP contribution in [0.2, 0.25) is 0 Å². The van der Waals surface area contributed by atoms with Gasteiger partial charge in [-0.15, -0.1) is 0 Å². The fourth-order valence-electron chi connectivity index (χ4n) is 3.31. The van der Waals surface area contributed by atoms with E-state index in [0.717, 1.165) is 15.9 Å². The van der Waals surface area contributed by atoms with Gasteiger partial charge in [0.05, 0.1) is 6.61 Å². The number of ether oxygens (including phenoxy) is 1. The first-order valence-electron chi connectivity index (χ1n) is 9.16. The summed E-state index contributed by atoms with van der Waals surface area (Å²) >= 11 is 12.8. The number of rotatable bonds is 6. The Morgan fingerprint density at radius 1 is 0.793 bits per heavy atom. The maximum Gasteiger partial charge on any atom is 0.414 e. The van der Waals surface area contributed by atoms with Crippen LogP contribution in [0.4, 0.5) is 4.79 Å². The summed E-state index contributed by atoms with van der Waals surface area (Å²) in [6.45, 7) is 1.99. The normalized spacial score (nSPS) is 10.9. The molecule has 3 rings (SSSR count). The number of halogens is 2. The number of benzene rings is 3. The van der Waals surface area contributed by atoms with E-state index in [0.29, 0.717) is 5.44 Å². The monoisotopic (exact) mass is 444 g/mol. The van der Waals surface area contributed by atoms with Crippen LogP contribution in [0.25, 0.3) is 0 Å². The van der Waals surface area contributed by atoms with Crippen LogP contribution in [0.15, 0.2) is 101 Å². The molecule has 0 aliphatic heterocycles. The third-order valence-electron chi connectivity index (χ3n) is 4.44. The Labute approximate surface area is 181 Å². The van der Waals surface area contributed by atoms with Crippen molar-refractivity contribution < 1.29 is 9.53 Å². The second kappa shape index (κ2) is 9.93. The van der Waals surface area contributed by atoms with Crippen molar-refractivity contribution in [3.63, 3.8) is 0 Å². The minimum absolute atomic E-state index is 0.00273. The van der Waals surface area contributed by atoms with Gasteiger partial charge in [-0.3, -0.25) is 5.32 Å². The molecule has 1 amide bonds. The molecular formula is C23H21Cl2NO2P+. The molecule has 0 aromatic heterocycles. The van der Waals surface area contributed by atoms with Crippen molar-refractivity contribution in [3.8, 4) is 0 Å². The minimum Gasteiger partial charge on any atom is -0.450 e. The van der Waals surface area contributed by atoms with E-state index in [1.165, 1.54) is 0 Å². The van der Waals surface area contributed by atoms with Crippen LogP contribution in [0, 0.1) is 0 Å². The summed E-state index contributed by atoms with van der Waals surface area (Å²) in [7, 11) is -2.59. The van der Waals surface area contributed by atoms with Gasteiger partial charge in [-0.25, -0.2) is 4.79 Å². The maximum absolute atomic E-state index is 12.4. The van der Waals surface area contributed by atoms with Crippen LogP contribution >= 0.6 is 30.5 Å². The number of carbonyl (C=O) groups excluding carboxylic acids is 1. The standard InChI is InChI=1S/C23H20Cl2NO2P/c1-2-28-23(27)26-22(21(24)25)29(18-12-6-3-7-13-18,19-14-8-4-9-15-19)20-16-10-5-11-17-20/h3-17H,2H2,1H3/p+1. The van der Waals surface area contributed by atoms with Gasteiger partial charge in [-0.1, -0.05) is 77.8 Å². The molecule has 0 saturated carbocycles. The van der Waals surface area contributed by atoms with Crippen LogP contribution in [0.5, 0.6) is 0 Å². The number of hydrogen-bond acceptors (Lipinski definition) is 2.